The van der Waals surface area contributed by atoms with Crippen molar-refractivity contribution in [3.8, 4) is 11.1 Å². The van der Waals surface area contributed by atoms with Gasteiger partial charge in [0.2, 0.25) is 0 Å². The first kappa shape index (κ1) is 21.5. The van der Waals surface area contributed by atoms with Crippen molar-refractivity contribution in [2.45, 2.75) is 65.0 Å². The zero-order valence-corrected chi connectivity index (χ0v) is 19.8. The SMILES string of the molecule is CC(C)c1cccc(-c2ccc3c(c2)CC(C)(C)[C@H]3N(C(=O)[O-])[C@@H]2CN3CCC2CC3)c1. The van der Waals surface area contributed by atoms with E-state index in [1.165, 1.54) is 27.8 Å². The first-order chi connectivity index (χ1) is 15.2. The summed E-state index contributed by atoms with van der Waals surface area (Å²) in [6, 6.07) is 15.3. The fraction of sp³-hybridized carbons (Fsp3) is 0.536. The van der Waals surface area contributed by atoms with Gasteiger partial charge in [0.15, 0.2) is 0 Å². The molecule has 6 rings (SSSR count). The summed E-state index contributed by atoms with van der Waals surface area (Å²) < 4.78 is 0. The normalized spacial score (nSPS) is 28.0. The highest BCUT2D eigenvalue weighted by Gasteiger charge is 2.48. The molecule has 32 heavy (non-hydrogen) atoms. The molecule has 0 unspecified atom stereocenters. The van der Waals surface area contributed by atoms with Crippen LogP contribution in [0.3, 0.4) is 0 Å². The molecule has 3 aliphatic heterocycles. The predicted octanol–water partition coefficient (Wildman–Crippen LogP) is 4.84. The molecular weight excluding hydrogens is 396 g/mol. The molecule has 0 aromatic heterocycles. The molecule has 3 saturated heterocycles. The van der Waals surface area contributed by atoms with Crippen LogP contribution in [0.1, 0.15) is 69.2 Å². The molecule has 4 heteroatoms. The first-order valence-electron chi connectivity index (χ1n) is 12.2. The molecule has 2 bridgehead atoms. The van der Waals surface area contributed by atoms with E-state index in [1.54, 1.807) is 4.90 Å². The Morgan fingerprint density at radius 2 is 1.81 bits per heavy atom. The number of carboxylic acid groups (broad SMARTS) is 1. The van der Waals surface area contributed by atoms with E-state index in [0.29, 0.717) is 11.8 Å². The van der Waals surface area contributed by atoms with Crippen molar-refractivity contribution in [1.29, 1.82) is 0 Å². The van der Waals surface area contributed by atoms with Crippen LogP contribution in [0, 0.1) is 11.3 Å². The summed E-state index contributed by atoms with van der Waals surface area (Å²) in [5.41, 5.74) is 6.07. The fourth-order valence-corrected chi connectivity index (χ4v) is 6.50. The second kappa shape index (κ2) is 7.91. The van der Waals surface area contributed by atoms with Crippen LogP contribution in [0.15, 0.2) is 42.5 Å². The van der Waals surface area contributed by atoms with Gasteiger partial charge < -0.3 is 19.7 Å². The number of nitrogens with zero attached hydrogens (tertiary/aromatic N) is 2. The maximum atomic E-state index is 12.5. The van der Waals surface area contributed by atoms with Gasteiger partial charge in [0.1, 0.15) is 6.09 Å². The summed E-state index contributed by atoms with van der Waals surface area (Å²) in [4.78, 5) is 16.7. The van der Waals surface area contributed by atoms with Gasteiger partial charge in [-0.05, 0) is 77.4 Å². The third kappa shape index (κ3) is 3.63. The van der Waals surface area contributed by atoms with Crippen LogP contribution < -0.4 is 5.11 Å². The van der Waals surface area contributed by atoms with E-state index in [4.69, 9.17) is 0 Å². The number of fused-ring (bicyclic) bond motifs is 4. The van der Waals surface area contributed by atoms with E-state index in [2.05, 4.69) is 75.1 Å². The molecule has 3 heterocycles. The summed E-state index contributed by atoms with van der Waals surface area (Å²) in [7, 11) is 0. The van der Waals surface area contributed by atoms with E-state index in [1.807, 2.05) is 0 Å². The molecule has 3 fully saturated rings. The molecule has 0 spiro atoms. The Bertz CT molecular complexity index is 1020. The minimum Gasteiger partial charge on any atom is -0.530 e. The average Bonchev–Trinajstić information content (AvgIpc) is 3.04. The number of rotatable bonds is 4. The maximum Gasteiger partial charge on any atom is 0.137 e. The van der Waals surface area contributed by atoms with Crippen molar-refractivity contribution in [2.75, 3.05) is 19.6 Å². The highest BCUT2D eigenvalue weighted by atomic mass is 16.4. The average molecular weight is 432 g/mol. The van der Waals surface area contributed by atoms with Gasteiger partial charge in [-0.1, -0.05) is 70.2 Å². The number of carbonyl (C=O) groups excluding carboxylic acids is 1. The third-order valence-corrected chi connectivity index (χ3v) is 8.18. The summed E-state index contributed by atoms with van der Waals surface area (Å²) in [5, 5.41) is 12.5. The van der Waals surface area contributed by atoms with Crippen LogP contribution in [-0.4, -0.2) is 41.6 Å². The van der Waals surface area contributed by atoms with E-state index in [0.717, 1.165) is 38.9 Å². The Labute approximate surface area is 192 Å². The van der Waals surface area contributed by atoms with E-state index in [9.17, 15) is 9.90 Å². The number of amides is 1. The van der Waals surface area contributed by atoms with Crippen LogP contribution in [-0.2, 0) is 6.42 Å². The van der Waals surface area contributed by atoms with Gasteiger partial charge in [-0.3, -0.25) is 0 Å². The molecule has 2 aromatic carbocycles. The highest BCUT2D eigenvalue weighted by Crippen LogP contribution is 2.51. The number of piperidine rings is 3. The minimum absolute atomic E-state index is 0.0418. The van der Waals surface area contributed by atoms with Crippen LogP contribution in [0.25, 0.3) is 11.1 Å². The Kier molecular flexibility index (Phi) is 5.32. The zero-order valence-electron chi connectivity index (χ0n) is 19.8. The zero-order chi connectivity index (χ0) is 22.6. The number of hydrogen-bond donors (Lipinski definition) is 0. The molecule has 2 aromatic rings. The van der Waals surface area contributed by atoms with Gasteiger partial charge in [-0.15, -0.1) is 0 Å². The number of carbonyl (C=O) groups is 1. The molecule has 170 valence electrons. The topological polar surface area (TPSA) is 46.6 Å². The quantitative estimate of drug-likeness (QED) is 0.696. The van der Waals surface area contributed by atoms with Crippen molar-refractivity contribution in [3.05, 3.63) is 59.2 Å². The lowest BCUT2D eigenvalue weighted by Gasteiger charge is -2.53. The maximum absolute atomic E-state index is 12.5. The fourth-order valence-electron chi connectivity index (χ4n) is 6.50. The van der Waals surface area contributed by atoms with E-state index < -0.39 is 6.09 Å². The van der Waals surface area contributed by atoms with Crippen LogP contribution >= 0.6 is 0 Å². The Morgan fingerprint density at radius 1 is 1.09 bits per heavy atom. The van der Waals surface area contributed by atoms with Crippen molar-refractivity contribution in [2.24, 2.45) is 11.3 Å². The van der Waals surface area contributed by atoms with E-state index >= 15 is 0 Å². The molecule has 0 radical (unpaired) electrons. The van der Waals surface area contributed by atoms with Gasteiger partial charge >= 0.3 is 0 Å². The van der Waals surface area contributed by atoms with Gasteiger partial charge in [-0.2, -0.15) is 0 Å². The molecular formula is C28H35N2O2-. The number of benzene rings is 2. The van der Waals surface area contributed by atoms with Gasteiger partial charge in [0, 0.05) is 12.6 Å². The van der Waals surface area contributed by atoms with Crippen molar-refractivity contribution in [1.82, 2.24) is 9.80 Å². The van der Waals surface area contributed by atoms with Gasteiger partial charge in [0.05, 0.1) is 6.04 Å². The van der Waals surface area contributed by atoms with Gasteiger partial charge in [-0.25, -0.2) is 0 Å². The Morgan fingerprint density at radius 3 is 2.44 bits per heavy atom. The largest absolute Gasteiger partial charge is 0.530 e. The number of hydrogen-bond acceptors (Lipinski definition) is 3. The molecule has 0 saturated carbocycles. The van der Waals surface area contributed by atoms with Crippen LogP contribution in [0.5, 0.6) is 0 Å². The molecule has 4 aliphatic rings. The summed E-state index contributed by atoms with van der Waals surface area (Å²) in [6.07, 6.45) is 2.07. The second-order valence-corrected chi connectivity index (χ2v) is 11.1. The van der Waals surface area contributed by atoms with E-state index in [-0.39, 0.29) is 17.5 Å². The van der Waals surface area contributed by atoms with Crippen molar-refractivity contribution >= 4 is 6.09 Å². The Balaban J connectivity index is 1.52. The van der Waals surface area contributed by atoms with Gasteiger partial charge in [0.25, 0.3) is 0 Å². The lowest BCUT2D eigenvalue weighted by molar-refractivity contribution is -0.276. The summed E-state index contributed by atoms with van der Waals surface area (Å²) in [6.45, 7) is 11.9. The molecule has 1 amide bonds. The minimum atomic E-state index is -1.01. The first-order valence-corrected chi connectivity index (χ1v) is 12.2. The van der Waals surface area contributed by atoms with Crippen LogP contribution in [0.2, 0.25) is 0 Å². The van der Waals surface area contributed by atoms with Crippen molar-refractivity contribution in [3.63, 3.8) is 0 Å². The lowest BCUT2D eigenvalue weighted by atomic mass is 9.79. The smallest absolute Gasteiger partial charge is 0.137 e. The van der Waals surface area contributed by atoms with Crippen molar-refractivity contribution < 1.29 is 9.90 Å². The molecule has 0 N–H and O–H groups in total. The summed E-state index contributed by atoms with van der Waals surface area (Å²) >= 11 is 0. The second-order valence-electron chi connectivity index (χ2n) is 11.1. The highest BCUT2D eigenvalue weighted by molar-refractivity contribution is 5.68. The molecule has 1 aliphatic carbocycles. The summed E-state index contributed by atoms with van der Waals surface area (Å²) in [5.74, 6) is 0.946. The molecule has 2 atom stereocenters. The Hall–Kier alpha value is -2.33. The lowest BCUT2D eigenvalue weighted by Crippen LogP contribution is -2.62. The predicted molar refractivity (Wildman–Crippen MR) is 126 cm³/mol. The standard InChI is InChI=1S/C28H36N2O2/c1-18(2)20-6-5-7-21(14-20)22-8-9-24-23(15-22)16-28(3,4)26(24)30(27(31)32)25-17-29-12-10-19(25)11-13-29/h5-9,14-15,18-19,25-26H,10-13,16-17H2,1-4H3,(H,31,32)/p-1/t25-,26+/m1/s1. The monoisotopic (exact) mass is 431 g/mol. The third-order valence-electron chi connectivity index (χ3n) is 8.18. The molecule has 4 nitrogen and oxygen atoms in total. The van der Waals surface area contributed by atoms with Crippen LogP contribution in [0.4, 0.5) is 4.79 Å².